The Balaban J connectivity index is 2.22. The second-order valence-corrected chi connectivity index (χ2v) is 5.96. The molecule has 0 saturated heterocycles. The van der Waals surface area contributed by atoms with Gasteiger partial charge in [-0.25, -0.2) is 0 Å². The van der Waals surface area contributed by atoms with E-state index in [0.717, 1.165) is 14.6 Å². The van der Waals surface area contributed by atoms with Crippen LogP contribution in [-0.4, -0.2) is 6.21 Å². The molecular formula is C11H5Br3ClNO. The minimum absolute atomic E-state index is 0.626. The van der Waals surface area contributed by atoms with Gasteiger partial charge in [0.05, 0.1) is 21.4 Å². The maximum Gasteiger partial charge on any atom is 0.184 e. The summed E-state index contributed by atoms with van der Waals surface area (Å²) < 4.78 is 7.72. The molecule has 0 spiro atoms. The van der Waals surface area contributed by atoms with E-state index < -0.39 is 0 Å². The molecule has 0 atom stereocenters. The molecule has 0 saturated carbocycles. The summed E-state index contributed by atoms with van der Waals surface area (Å²) in [7, 11) is 0. The molecule has 0 N–H and O–H groups in total. The lowest BCUT2D eigenvalue weighted by Crippen LogP contribution is -1.74. The lowest BCUT2D eigenvalue weighted by molar-refractivity contribution is 0.533. The molecule has 0 aliphatic rings. The summed E-state index contributed by atoms with van der Waals surface area (Å²) in [5.41, 5.74) is 0.766. The van der Waals surface area contributed by atoms with Crippen molar-refractivity contribution in [1.82, 2.24) is 0 Å². The van der Waals surface area contributed by atoms with E-state index in [1.807, 2.05) is 18.2 Å². The number of hydrogen-bond acceptors (Lipinski definition) is 2. The van der Waals surface area contributed by atoms with E-state index in [2.05, 4.69) is 52.8 Å². The van der Waals surface area contributed by atoms with Gasteiger partial charge in [0, 0.05) is 10.5 Å². The van der Waals surface area contributed by atoms with Crippen LogP contribution >= 0.6 is 59.4 Å². The van der Waals surface area contributed by atoms with Crippen LogP contribution in [0.15, 0.2) is 47.3 Å². The number of furan rings is 1. The first kappa shape index (κ1) is 13.3. The van der Waals surface area contributed by atoms with Crippen molar-refractivity contribution in [2.45, 2.75) is 0 Å². The molecule has 1 aromatic heterocycles. The van der Waals surface area contributed by atoms with Gasteiger partial charge in [-0.15, -0.1) is 0 Å². The van der Waals surface area contributed by atoms with Gasteiger partial charge in [-0.2, -0.15) is 0 Å². The molecule has 88 valence electrons. The average molecular weight is 442 g/mol. The van der Waals surface area contributed by atoms with Crippen LogP contribution in [0.3, 0.4) is 0 Å². The van der Waals surface area contributed by atoms with Crippen LogP contribution in [0.1, 0.15) is 5.76 Å². The van der Waals surface area contributed by atoms with Crippen molar-refractivity contribution in [2.24, 2.45) is 4.99 Å². The fourth-order valence-corrected chi connectivity index (χ4v) is 2.16. The summed E-state index contributed by atoms with van der Waals surface area (Å²) in [6.45, 7) is 0. The van der Waals surface area contributed by atoms with E-state index in [1.54, 1.807) is 12.3 Å². The van der Waals surface area contributed by atoms with Crippen LogP contribution in [0.5, 0.6) is 0 Å². The largest absolute Gasteiger partial charge is 0.447 e. The minimum Gasteiger partial charge on any atom is -0.447 e. The molecule has 0 radical (unpaired) electrons. The van der Waals surface area contributed by atoms with Crippen LogP contribution in [0.25, 0.3) is 0 Å². The van der Waals surface area contributed by atoms with Crippen molar-refractivity contribution in [2.75, 3.05) is 0 Å². The van der Waals surface area contributed by atoms with Crippen molar-refractivity contribution >= 4 is 71.3 Å². The van der Waals surface area contributed by atoms with Crippen LogP contribution in [0, 0.1) is 0 Å². The van der Waals surface area contributed by atoms with Gasteiger partial charge in [0.25, 0.3) is 0 Å². The second kappa shape index (κ2) is 5.69. The van der Waals surface area contributed by atoms with Gasteiger partial charge in [-0.3, -0.25) is 4.99 Å². The van der Waals surface area contributed by atoms with Crippen LogP contribution in [0.4, 0.5) is 5.69 Å². The maximum absolute atomic E-state index is 5.97. The Bertz CT molecular complexity index is 561. The second-order valence-electron chi connectivity index (χ2n) is 3.13. The van der Waals surface area contributed by atoms with E-state index in [-0.39, 0.29) is 0 Å². The summed E-state index contributed by atoms with van der Waals surface area (Å²) in [5.74, 6) is 0.655. The predicted molar refractivity (Wildman–Crippen MR) is 80.5 cm³/mol. The Hall–Kier alpha value is -0.100. The number of hydrogen-bond donors (Lipinski definition) is 0. The molecule has 0 amide bonds. The molecule has 2 nitrogen and oxygen atoms in total. The third-order valence-corrected chi connectivity index (χ3v) is 4.85. The predicted octanol–water partition coefficient (Wildman–Crippen LogP) is 5.97. The molecule has 6 heteroatoms. The van der Waals surface area contributed by atoms with E-state index in [1.165, 1.54) is 0 Å². The highest BCUT2D eigenvalue weighted by molar-refractivity contribution is 9.13. The van der Waals surface area contributed by atoms with Crippen molar-refractivity contribution in [3.8, 4) is 0 Å². The summed E-state index contributed by atoms with van der Waals surface area (Å²) >= 11 is 15.9. The van der Waals surface area contributed by atoms with Crippen molar-refractivity contribution in [1.29, 1.82) is 0 Å². The number of nitrogens with zero attached hydrogens (tertiary/aromatic N) is 1. The zero-order chi connectivity index (χ0) is 12.4. The molecule has 0 bridgehead atoms. The Morgan fingerprint density at radius 1 is 1.12 bits per heavy atom. The Morgan fingerprint density at radius 2 is 1.88 bits per heavy atom. The lowest BCUT2D eigenvalue weighted by atomic mass is 10.3. The highest BCUT2D eigenvalue weighted by atomic mass is 79.9. The minimum atomic E-state index is 0.626. The topological polar surface area (TPSA) is 25.5 Å². The smallest absolute Gasteiger partial charge is 0.184 e. The normalized spacial score (nSPS) is 11.3. The molecular weight excluding hydrogens is 437 g/mol. The summed E-state index contributed by atoms with van der Waals surface area (Å²) in [4.78, 5) is 4.27. The molecule has 2 rings (SSSR count). The number of halogens is 4. The van der Waals surface area contributed by atoms with Crippen LogP contribution in [-0.2, 0) is 0 Å². The van der Waals surface area contributed by atoms with Crippen molar-refractivity contribution in [3.63, 3.8) is 0 Å². The zero-order valence-electron chi connectivity index (χ0n) is 8.25. The molecule has 0 unspecified atom stereocenters. The van der Waals surface area contributed by atoms with Crippen molar-refractivity contribution < 1.29 is 4.42 Å². The molecule has 17 heavy (non-hydrogen) atoms. The van der Waals surface area contributed by atoms with E-state index in [0.29, 0.717) is 15.5 Å². The highest BCUT2D eigenvalue weighted by Gasteiger charge is 2.03. The van der Waals surface area contributed by atoms with E-state index >= 15 is 0 Å². The van der Waals surface area contributed by atoms with E-state index in [4.69, 9.17) is 16.0 Å². The summed E-state index contributed by atoms with van der Waals surface area (Å²) in [6, 6.07) is 7.31. The third kappa shape index (κ3) is 3.44. The monoisotopic (exact) mass is 439 g/mol. The summed E-state index contributed by atoms with van der Waals surface area (Å²) in [6.07, 6.45) is 1.63. The van der Waals surface area contributed by atoms with Gasteiger partial charge < -0.3 is 4.42 Å². The quantitative estimate of drug-likeness (QED) is 0.526. The number of rotatable bonds is 2. The van der Waals surface area contributed by atoms with Gasteiger partial charge in [0.1, 0.15) is 5.76 Å². The SMILES string of the molecule is Clc1cc(N=Cc2cc(Br)c(Br)o2)ccc1Br. The van der Waals surface area contributed by atoms with Gasteiger partial charge in [-0.05, 0) is 66.0 Å². The first-order chi connectivity index (χ1) is 8.06. The average Bonchev–Trinajstić information content (AvgIpc) is 2.60. The first-order valence-electron chi connectivity index (χ1n) is 4.50. The van der Waals surface area contributed by atoms with Crippen molar-refractivity contribution in [3.05, 3.63) is 48.7 Å². The lowest BCUT2D eigenvalue weighted by Gasteiger charge is -1.96. The van der Waals surface area contributed by atoms with Gasteiger partial charge >= 0.3 is 0 Å². The number of benzene rings is 1. The molecule has 2 aromatic rings. The molecule has 0 aliphatic heterocycles. The number of aliphatic imine (C=N–C) groups is 1. The third-order valence-electron chi connectivity index (χ3n) is 1.91. The molecule has 0 fully saturated rings. The maximum atomic E-state index is 5.97. The van der Waals surface area contributed by atoms with Crippen LogP contribution < -0.4 is 0 Å². The molecule has 0 aliphatic carbocycles. The Labute approximate surface area is 128 Å². The zero-order valence-corrected chi connectivity index (χ0v) is 13.8. The fraction of sp³-hybridized carbons (Fsp3) is 0. The molecule has 1 heterocycles. The Kier molecular flexibility index (Phi) is 4.47. The van der Waals surface area contributed by atoms with E-state index in [9.17, 15) is 0 Å². The van der Waals surface area contributed by atoms with Gasteiger partial charge in [-0.1, -0.05) is 11.6 Å². The molecule has 1 aromatic carbocycles. The Morgan fingerprint density at radius 3 is 2.47 bits per heavy atom. The standard InChI is InChI=1S/C11H5Br3ClNO/c12-8-2-1-6(3-10(8)15)16-5-7-4-9(13)11(14)17-7/h1-5H. The van der Waals surface area contributed by atoms with Gasteiger partial charge in [0.2, 0.25) is 0 Å². The summed E-state index contributed by atoms with van der Waals surface area (Å²) in [5, 5.41) is 0.626. The highest BCUT2D eigenvalue weighted by Crippen LogP contribution is 2.28. The first-order valence-corrected chi connectivity index (χ1v) is 7.26. The fourth-order valence-electron chi connectivity index (χ4n) is 1.13. The van der Waals surface area contributed by atoms with Gasteiger partial charge in [0.15, 0.2) is 4.67 Å². The van der Waals surface area contributed by atoms with Crippen LogP contribution in [0.2, 0.25) is 5.02 Å².